The molecule has 0 aliphatic heterocycles. The van der Waals surface area contributed by atoms with Crippen molar-refractivity contribution >= 4 is 11.6 Å². The summed E-state index contributed by atoms with van der Waals surface area (Å²) in [5.41, 5.74) is 1.40. The van der Waals surface area contributed by atoms with Crippen LogP contribution in [0.5, 0.6) is 0 Å². The Bertz CT molecular complexity index is 457. The number of pyridine rings is 1. The number of amides is 1. The van der Waals surface area contributed by atoms with E-state index in [-0.39, 0.29) is 5.91 Å². The lowest BCUT2D eigenvalue weighted by Gasteiger charge is -2.26. The van der Waals surface area contributed by atoms with Gasteiger partial charge in [-0.05, 0) is 38.6 Å². The van der Waals surface area contributed by atoms with Gasteiger partial charge in [-0.25, -0.2) is 0 Å². The van der Waals surface area contributed by atoms with Gasteiger partial charge in [0.25, 0.3) is 5.91 Å². The van der Waals surface area contributed by atoms with Crippen LogP contribution >= 0.6 is 0 Å². The van der Waals surface area contributed by atoms with Crippen LogP contribution in [-0.2, 0) is 0 Å². The van der Waals surface area contributed by atoms with Crippen molar-refractivity contribution in [3.63, 3.8) is 0 Å². The van der Waals surface area contributed by atoms with Crippen LogP contribution in [0.1, 0.15) is 30.8 Å². The van der Waals surface area contributed by atoms with E-state index in [9.17, 15) is 4.79 Å². The van der Waals surface area contributed by atoms with E-state index in [2.05, 4.69) is 43.1 Å². The Balaban J connectivity index is 2.70. The van der Waals surface area contributed by atoms with Gasteiger partial charge in [0.1, 0.15) is 5.69 Å². The van der Waals surface area contributed by atoms with E-state index in [1.165, 1.54) is 4.90 Å². The van der Waals surface area contributed by atoms with Crippen molar-refractivity contribution in [3.8, 4) is 0 Å². The van der Waals surface area contributed by atoms with Crippen LogP contribution in [0.25, 0.3) is 0 Å². The zero-order chi connectivity index (χ0) is 16.0. The van der Waals surface area contributed by atoms with Crippen molar-refractivity contribution in [2.45, 2.75) is 26.3 Å². The zero-order valence-electron chi connectivity index (χ0n) is 14.1. The summed E-state index contributed by atoms with van der Waals surface area (Å²) in [6.45, 7) is 5.32. The third kappa shape index (κ3) is 5.71. The molecule has 0 bridgehead atoms. The number of carbonyl (C=O) groups is 1. The molecule has 1 amide bonds. The highest BCUT2D eigenvalue weighted by Crippen LogP contribution is 2.13. The molecule has 5 nitrogen and oxygen atoms in total. The summed E-state index contributed by atoms with van der Waals surface area (Å²) in [7, 11) is 7.66. The molecule has 0 saturated heterocycles. The number of nitrogens with one attached hydrogen (secondary N) is 1. The Morgan fingerprint density at radius 3 is 2.48 bits per heavy atom. The van der Waals surface area contributed by atoms with Crippen molar-refractivity contribution in [3.05, 3.63) is 24.0 Å². The summed E-state index contributed by atoms with van der Waals surface area (Å²) in [4.78, 5) is 19.8. The minimum Gasteiger partial charge on any atom is -0.383 e. The SMILES string of the molecule is CC(C)CC(CNc1ccnc(C(=O)N(C)C)c1)N(C)C. The first-order valence-electron chi connectivity index (χ1n) is 7.39. The molecule has 1 unspecified atom stereocenters. The molecule has 0 spiro atoms. The van der Waals surface area contributed by atoms with Gasteiger partial charge in [-0.3, -0.25) is 9.78 Å². The van der Waals surface area contributed by atoms with E-state index >= 15 is 0 Å². The maximum Gasteiger partial charge on any atom is 0.272 e. The molecule has 0 fully saturated rings. The van der Waals surface area contributed by atoms with Gasteiger partial charge in [-0.1, -0.05) is 13.8 Å². The minimum atomic E-state index is -0.0787. The number of anilines is 1. The van der Waals surface area contributed by atoms with Crippen molar-refractivity contribution in [1.29, 1.82) is 0 Å². The number of rotatable bonds is 7. The minimum absolute atomic E-state index is 0.0787. The zero-order valence-corrected chi connectivity index (χ0v) is 14.1. The third-order valence-corrected chi connectivity index (χ3v) is 3.40. The van der Waals surface area contributed by atoms with Crippen LogP contribution in [0.4, 0.5) is 5.69 Å². The van der Waals surface area contributed by atoms with Gasteiger partial charge in [0.05, 0.1) is 0 Å². The molecular formula is C16H28N4O. The van der Waals surface area contributed by atoms with E-state index < -0.39 is 0 Å². The number of nitrogens with zero attached hydrogens (tertiary/aromatic N) is 3. The van der Waals surface area contributed by atoms with Gasteiger partial charge in [-0.2, -0.15) is 0 Å². The van der Waals surface area contributed by atoms with E-state index in [0.717, 1.165) is 18.7 Å². The molecule has 1 atom stereocenters. The van der Waals surface area contributed by atoms with Crippen LogP contribution in [0.3, 0.4) is 0 Å². The molecule has 1 N–H and O–H groups in total. The van der Waals surface area contributed by atoms with Crippen LogP contribution in [0, 0.1) is 5.92 Å². The Kier molecular flexibility index (Phi) is 6.62. The van der Waals surface area contributed by atoms with E-state index in [0.29, 0.717) is 17.7 Å². The Morgan fingerprint density at radius 1 is 1.29 bits per heavy atom. The highest BCUT2D eigenvalue weighted by molar-refractivity contribution is 5.92. The lowest BCUT2D eigenvalue weighted by Crippen LogP contribution is -2.35. The monoisotopic (exact) mass is 292 g/mol. The molecule has 0 radical (unpaired) electrons. The fourth-order valence-corrected chi connectivity index (χ4v) is 2.14. The average Bonchev–Trinajstić information content (AvgIpc) is 2.42. The lowest BCUT2D eigenvalue weighted by atomic mass is 10.0. The molecule has 0 aliphatic rings. The van der Waals surface area contributed by atoms with Gasteiger partial charge >= 0.3 is 0 Å². The fourth-order valence-electron chi connectivity index (χ4n) is 2.14. The fraction of sp³-hybridized carbons (Fsp3) is 0.625. The molecule has 0 aliphatic carbocycles. The molecule has 1 aromatic rings. The highest BCUT2D eigenvalue weighted by atomic mass is 16.2. The first kappa shape index (κ1) is 17.4. The first-order chi connectivity index (χ1) is 9.81. The maximum atomic E-state index is 11.9. The average molecular weight is 292 g/mol. The van der Waals surface area contributed by atoms with Crippen LogP contribution in [0.15, 0.2) is 18.3 Å². The largest absolute Gasteiger partial charge is 0.383 e. The van der Waals surface area contributed by atoms with E-state index in [1.54, 1.807) is 20.3 Å². The molecule has 21 heavy (non-hydrogen) atoms. The van der Waals surface area contributed by atoms with Gasteiger partial charge in [-0.15, -0.1) is 0 Å². The van der Waals surface area contributed by atoms with Crippen LogP contribution < -0.4 is 5.32 Å². The van der Waals surface area contributed by atoms with Crippen molar-refractivity contribution in [2.24, 2.45) is 5.92 Å². The molecular weight excluding hydrogens is 264 g/mol. The topological polar surface area (TPSA) is 48.5 Å². The molecule has 118 valence electrons. The van der Waals surface area contributed by atoms with Gasteiger partial charge in [0.15, 0.2) is 0 Å². The summed E-state index contributed by atoms with van der Waals surface area (Å²) in [6, 6.07) is 4.17. The molecule has 5 heteroatoms. The number of hydrogen-bond donors (Lipinski definition) is 1. The summed E-state index contributed by atoms with van der Waals surface area (Å²) in [6.07, 6.45) is 2.81. The molecule has 0 saturated carbocycles. The number of likely N-dealkylation sites (N-methyl/N-ethyl adjacent to an activating group) is 1. The standard InChI is InChI=1S/C16H28N4O/c1-12(2)9-14(19(3)4)11-18-13-7-8-17-15(10-13)16(21)20(5)6/h7-8,10,12,14H,9,11H2,1-6H3,(H,17,18). The summed E-state index contributed by atoms with van der Waals surface area (Å²) in [5, 5.41) is 3.41. The second-order valence-electron chi connectivity index (χ2n) is 6.26. The number of carbonyl (C=O) groups excluding carboxylic acids is 1. The Morgan fingerprint density at radius 2 is 1.95 bits per heavy atom. The predicted octanol–water partition coefficient (Wildman–Crippen LogP) is 2.17. The van der Waals surface area contributed by atoms with Crippen LogP contribution in [-0.4, -0.2) is 61.5 Å². The number of hydrogen-bond acceptors (Lipinski definition) is 4. The van der Waals surface area contributed by atoms with Crippen molar-refractivity contribution in [2.75, 3.05) is 40.1 Å². The molecule has 0 aromatic carbocycles. The maximum absolute atomic E-state index is 11.9. The van der Waals surface area contributed by atoms with E-state index in [4.69, 9.17) is 0 Å². The second-order valence-corrected chi connectivity index (χ2v) is 6.26. The molecule has 1 aromatic heterocycles. The molecule has 1 heterocycles. The third-order valence-electron chi connectivity index (χ3n) is 3.40. The quantitative estimate of drug-likeness (QED) is 0.837. The van der Waals surface area contributed by atoms with E-state index in [1.807, 2.05) is 12.1 Å². The summed E-state index contributed by atoms with van der Waals surface area (Å²) in [5.74, 6) is 0.576. The van der Waals surface area contributed by atoms with Gasteiger partial charge in [0, 0.05) is 38.6 Å². The second kappa shape index (κ2) is 7.98. The smallest absolute Gasteiger partial charge is 0.272 e. The number of aromatic nitrogens is 1. The summed E-state index contributed by atoms with van der Waals surface area (Å²) >= 11 is 0. The summed E-state index contributed by atoms with van der Waals surface area (Å²) < 4.78 is 0. The first-order valence-corrected chi connectivity index (χ1v) is 7.39. The van der Waals surface area contributed by atoms with Gasteiger partial charge in [0.2, 0.25) is 0 Å². The normalized spacial score (nSPS) is 12.6. The van der Waals surface area contributed by atoms with Crippen molar-refractivity contribution in [1.82, 2.24) is 14.8 Å². The van der Waals surface area contributed by atoms with Crippen molar-refractivity contribution < 1.29 is 4.79 Å². The molecule has 1 rings (SSSR count). The Hall–Kier alpha value is -1.62. The Labute approximate surface area is 128 Å². The predicted molar refractivity (Wildman–Crippen MR) is 87.7 cm³/mol. The van der Waals surface area contributed by atoms with Crippen LogP contribution in [0.2, 0.25) is 0 Å². The van der Waals surface area contributed by atoms with Gasteiger partial charge < -0.3 is 15.1 Å². The highest BCUT2D eigenvalue weighted by Gasteiger charge is 2.14. The lowest BCUT2D eigenvalue weighted by molar-refractivity contribution is 0.0822.